The van der Waals surface area contributed by atoms with E-state index in [9.17, 15) is 0 Å². The normalized spacial score (nSPS) is 15.3. The first-order valence-electron chi connectivity index (χ1n) is 5.45. The second-order valence-electron chi connectivity index (χ2n) is 4.08. The Hall–Kier alpha value is -1.09. The number of nitrogens with zero attached hydrogens (tertiary/aromatic N) is 2. The molecular weight excluding hydrogens is 204 g/mol. The minimum atomic E-state index is 1.20. The highest BCUT2D eigenvalue weighted by Gasteiger charge is 2.20. The molecule has 0 aromatic carbocycles. The zero-order chi connectivity index (χ0) is 10.3. The Balaban J connectivity index is 2.16. The molecule has 0 spiro atoms. The summed E-state index contributed by atoms with van der Waals surface area (Å²) in [5.41, 5.74) is 4.16. The molecule has 15 heavy (non-hydrogen) atoms. The van der Waals surface area contributed by atoms with Gasteiger partial charge in [0.15, 0.2) is 0 Å². The van der Waals surface area contributed by atoms with Crippen LogP contribution in [0.5, 0.6) is 0 Å². The highest BCUT2D eigenvalue weighted by molar-refractivity contribution is 7.13. The van der Waals surface area contributed by atoms with Gasteiger partial charge < -0.3 is 0 Å². The summed E-state index contributed by atoms with van der Waals surface area (Å²) in [7, 11) is 2.07. The summed E-state index contributed by atoms with van der Waals surface area (Å²) >= 11 is 1.79. The van der Waals surface area contributed by atoms with Crippen LogP contribution in [-0.4, -0.2) is 9.78 Å². The molecule has 3 heteroatoms. The number of hydrogen-bond acceptors (Lipinski definition) is 2. The number of thiophene rings is 1. The Morgan fingerprint density at radius 3 is 3.00 bits per heavy atom. The lowest BCUT2D eigenvalue weighted by molar-refractivity contribution is 0.626. The SMILES string of the molecule is Cn1nc(-c2cccs2)c2c1CCCC2. The van der Waals surface area contributed by atoms with Gasteiger partial charge in [0.2, 0.25) is 0 Å². The van der Waals surface area contributed by atoms with E-state index < -0.39 is 0 Å². The van der Waals surface area contributed by atoms with Gasteiger partial charge >= 0.3 is 0 Å². The molecule has 0 N–H and O–H groups in total. The van der Waals surface area contributed by atoms with Gasteiger partial charge in [0.1, 0.15) is 5.69 Å². The van der Waals surface area contributed by atoms with Crippen LogP contribution in [0.25, 0.3) is 10.6 Å². The first-order valence-corrected chi connectivity index (χ1v) is 6.33. The number of hydrogen-bond donors (Lipinski definition) is 0. The molecule has 2 aromatic heterocycles. The lowest BCUT2D eigenvalue weighted by Crippen LogP contribution is -2.05. The fraction of sp³-hybridized carbons (Fsp3) is 0.417. The Morgan fingerprint density at radius 1 is 1.33 bits per heavy atom. The van der Waals surface area contributed by atoms with Crippen LogP contribution in [-0.2, 0) is 19.9 Å². The van der Waals surface area contributed by atoms with E-state index in [0.717, 1.165) is 0 Å². The molecule has 0 aliphatic heterocycles. The van der Waals surface area contributed by atoms with E-state index in [1.165, 1.54) is 47.5 Å². The van der Waals surface area contributed by atoms with E-state index in [-0.39, 0.29) is 0 Å². The Bertz CT molecular complexity index is 468. The molecule has 0 radical (unpaired) electrons. The molecule has 0 unspecified atom stereocenters. The Morgan fingerprint density at radius 2 is 2.20 bits per heavy atom. The molecule has 0 fully saturated rings. The van der Waals surface area contributed by atoms with Crippen molar-refractivity contribution < 1.29 is 0 Å². The van der Waals surface area contributed by atoms with Crippen LogP contribution in [0.1, 0.15) is 24.1 Å². The van der Waals surface area contributed by atoms with Gasteiger partial charge in [-0.3, -0.25) is 4.68 Å². The molecule has 2 nitrogen and oxygen atoms in total. The van der Waals surface area contributed by atoms with Crippen LogP contribution < -0.4 is 0 Å². The van der Waals surface area contributed by atoms with E-state index >= 15 is 0 Å². The minimum Gasteiger partial charge on any atom is -0.272 e. The van der Waals surface area contributed by atoms with Crippen LogP contribution in [0.15, 0.2) is 17.5 Å². The van der Waals surface area contributed by atoms with Gasteiger partial charge in [-0.1, -0.05) is 6.07 Å². The predicted molar refractivity (Wildman–Crippen MR) is 63.2 cm³/mol. The second-order valence-corrected chi connectivity index (χ2v) is 5.03. The largest absolute Gasteiger partial charge is 0.272 e. The summed E-state index contributed by atoms with van der Waals surface area (Å²) in [5, 5.41) is 6.79. The van der Waals surface area contributed by atoms with E-state index in [1.807, 2.05) is 0 Å². The standard InChI is InChI=1S/C12H14N2S/c1-14-10-6-3-2-5-9(10)12(13-14)11-7-4-8-15-11/h4,7-8H,2-3,5-6H2,1H3. The van der Waals surface area contributed by atoms with Crippen molar-refractivity contribution in [3.05, 3.63) is 28.8 Å². The van der Waals surface area contributed by atoms with Gasteiger partial charge in [0, 0.05) is 18.3 Å². The van der Waals surface area contributed by atoms with Crippen molar-refractivity contribution in [2.45, 2.75) is 25.7 Å². The van der Waals surface area contributed by atoms with Gasteiger partial charge in [-0.05, 0) is 37.1 Å². The lowest BCUT2D eigenvalue weighted by atomic mass is 9.95. The van der Waals surface area contributed by atoms with Crippen molar-refractivity contribution in [2.75, 3.05) is 0 Å². The van der Waals surface area contributed by atoms with E-state index in [2.05, 4.69) is 34.3 Å². The summed E-state index contributed by atoms with van der Waals surface area (Å²) in [4.78, 5) is 1.31. The number of aromatic nitrogens is 2. The smallest absolute Gasteiger partial charge is 0.106 e. The molecule has 2 aromatic rings. The highest BCUT2D eigenvalue weighted by atomic mass is 32.1. The Labute approximate surface area is 93.6 Å². The fourth-order valence-corrected chi connectivity index (χ4v) is 3.12. The predicted octanol–water partition coefficient (Wildman–Crippen LogP) is 3.03. The van der Waals surface area contributed by atoms with Gasteiger partial charge in [0.25, 0.3) is 0 Å². The zero-order valence-electron chi connectivity index (χ0n) is 8.86. The van der Waals surface area contributed by atoms with E-state index in [1.54, 1.807) is 11.3 Å². The molecule has 78 valence electrons. The fourth-order valence-electron chi connectivity index (χ4n) is 2.38. The van der Waals surface area contributed by atoms with Crippen molar-refractivity contribution in [3.63, 3.8) is 0 Å². The van der Waals surface area contributed by atoms with E-state index in [4.69, 9.17) is 0 Å². The average Bonchev–Trinajstić information content (AvgIpc) is 2.87. The third kappa shape index (κ3) is 1.42. The van der Waals surface area contributed by atoms with Crippen LogP contribution in [0, 0.1) is 0 Å². The van der Waals surface area contributed by atoms with Crippen molar-refractivity contribution in [3.8, 4) is 10.6 Å². The van der Waals surface area contributed by atoms with Crippen molar-refractivity contribution in [2.24, 2.45) is 7.05 Å². The molecule has 0 bridgehead atoms. The average molecular weight is 218 g/mol. The maximum absolute atomic E-state index is 4.66. The van der Waals surface area contributed by atoms with E-state index in [0.29, 0.717) is 0 Å². The number of fused-ring (bicyclic) bond motifs is 1. The zero-order valence-corrected chi connectivity index (χ0v) is 9.68. The van der Waals surface area contributed by atoms with Gasteiger partial charge in [-0.2, -0.15) is 5.10 Å². The quantitative estimate of drug-likeness (QED) is 0.719. The van der Waals surface area contributed by atoms with Gasteiger partial charge in [-0.25, -0.2) is 0 Å². The maximum atomic E-state index is 4.66. The van der Waals surface area contributed by atoms with Crippen LogP contribution in [0.2, 0.25) is 0 Å². The van der Waals surface area contributed by atoms with Crippen molar-refractivity contribution >= 4 is 11.3 Å². The van der Waals surface area contributed by atoms with Gasteiger partial charge in [-0.15, -0.1) is 11.3 Å². The summed E-state index contributed by atoms with van der Waals surface area (Å²) < 4.78 is 2.07. The molecule has 0 saturated carbocycles. The first-order chi connectivity index (χ1) is 7.36. The molecular formula is C12H14N2S. The highest BCUT2D eigenvalue weighted by Crippen LogP contribution is 2.32. The molecule has 2 heterocycles. The van der Waals surface area contributed by atoms with Crippen molar-refractivity contribution in [1.82, 2.24) is 9.78 Å². The van der Waals surface area contributed by atoms with Crippen molar-refractivity contribution in [1.29, 1.82) is 0 Å². The second kappa shape index (κ2) is 3.49. The molecule has 1 aliphatic carbocycles. The third-order valence-electron chi connectivity index (χ3n) is 3.12. The topological polar surface area (TPSA) is 17.8 Å². The summed E-state index contributed by atoms with van der Waals surface area (Å²) in [5.74, 6) is 0. The Kier molecular flexibility index (Phi) is 2.13. The monoisotopic (exact) mass is 218 g/mol. The molecule has 1 aliphatic rings. The molecule has 0 saturated heterocycles. The lowest BCUT2D eigenvalue weighted by Gasteiger charge is -2.12. The third-order valence-corrected chi connectivity index (χ3v) is 4.00. The summed E-state index contributed by atoms with van der Waals surface area (Å²) in [6, 6.07) is 4.27. The molecule has 0 atom stereocenters. The van der Waals surface area contributed by atoms with Crippen LogP contribution >= 0.6 is 11.3 Å². The molecule has 0 amide bonds. The summed E-state index contributed by atoms with van der Waals surface area (Å²) in [6.07, 6.45) is 5.04. The molecule has 3 rings (SSSR count). The van der Waals surface area contributed by atoms with Crippen LogP contribution in [0.4, 0.5) is 0 Å². The first kappa shape index (κ1) is 9.16. The summed E-state index contributed by atoms with van der Waals surface area (Å²) in [6.45, 7) is 0. The van der Waals surface area contributed by atoms with Crippen LogP contribution in [0.3, 0.4) is 0 Å². The minimum absolute atomic E-state index is 1.20. The number of aryl methyl sites for hydroxylation is 1. The maximum Gasteiger partial charge on any atom is 0.106 e. The van der Waals surface area contributed by atoms with Gasteiger partial charge in [0.05, 0.1) is 4.88 Å². The number of rotatable bonds is 1.